The van der Waals surface area contributed by atoms with Gasteiger partial charge in [-0.3, -0.25) is 4.79 Å². The Bertz CT molecular complexity index is 835. The summed E-state index contributed by atoms with van der Waals surface area (Å²) in [5, 5.41) is 0. The van der Waals surface area contributed by atoms with Gasteiger partial charge in [-0.1, -0.05) is 36.4 Å². The molecule has 0 amide bonds. The monoisotopic (exact) mass is 352 g/mol. The summed E-state index contributed by atoms with van der Waals surface area (Å²) in [7, 11) is 2.82. The van der Waals surface area contributed by atoms with Gasteiger partial charge in [-0.2, -0.15) is 0 Å². The Kier molecular flexibility index (Phi) is 5.07. The molecule has 2 aromatic carbocycles. The average molecular weight is 352 g/mol. The van der Waals surface area contributed by atoms with Crippen LogP contribution < -0.4 is 9.47 Å². The third-order valence-electron chi connectivity index (χ3n) is 4.47. The number of carbonyl (C=O) groups excluding carboxylic acids is 2. The second-order valence-electron chi connectivity index (χ2n) is 6.10. The van der Waals surface area contributed by atoms with E-state index in [0.717, 1.165) is 24.0 Å². The molecule has 0 atom stereocenters. The van der Waals surface area contributed by atoms with E-state index in [1.54, 1.807) is 24.3 Å². The first-order chi connectivity index (χ1) is 12.6. The summed E-state index contributed by atoms with van der Waals surface area (Å²) in [5.74, 6) is 0.0574. The van der Waals surface area contributed by atoms with Gasteiger partial charge < -0.3 is 14.2 Å². The van der Waals surface area contributed by atoms with Crippen molar-refractivity contribution in [1.29, 1.82) is 0 Å². The zero-order valence-electron chi connectivity index (χ0n) is 14.7. The molecule has 0 spiro atoms. The van der Waals surface area contributed by atoms with Crippen LogP contribution in [0.4, 0.5) is 0 Å². The van der Waals surface area contributed by atoms with Gasteiger partial charge >= 0.3 is 11.9 Å². The third-order valence-corrected chi connectivity index (χ3v) is 4.47. The van der Waals surface area contributed by atoms with Crippen molar-refractivity contribution in [2.24, 2.45) is 0 Å². The summed E-state index contributed by atoms with van der Waals surface area (Å²) in [4.78, 5) is 23.9. The van der Waals surface area contributed by atoms with Crippen molar-refractivity contribution in [2.75, 3.05) is 14.2 Å². The topological polar surface area (TPSA) is 61.8 Å². The number of rotatable bonds is 6. The van der Waals surface area contributed by atoms with Gasteiger partial charge in [0.15, 0.2) is 11.5 Å². The molecule has 1 aliphatic rings. The number of esters is 2. The SMILES string of the molecule is COC(=O)C=Cc1ccc(OC(=O)C2(c3ccccc3)CC2)c(OC)c1. The molecule has 1 saturated carbocycles. The summed E-state index contributed by atoms with van der Waals surface area (Å²) in [6, 6.07) is 14.8. The van der Waals surface area contributed by atoms with Crippen molar-refractivity contribution in [3.05, 3.63) is 65.7 Å². The number of benzene rings is 2. The van der Waals surface area contributed by atoms with Crippen LogP contribution in [0.3, 0.4) is 0 Å². The lowest BCUT2D eigenvalue weighted by Crippen LogP contribution is -2.26. The Morgan fingerprint density at radius 3 is 2.35 bits per heavy atom. The zero-order valence-corrected chi connectivity index (χ0v) is 14.7. The van der Waals surface area contributed by atoms with Crippen molar-refractivity contribution in [3.63, 3.8) is 0 Å². The highest BCUT2D eigenvalue weighted by Crippen LogP contribution is 2.49. The van der Waals surface area contributed by atoms with E-state index < -0.39 is 11.4 Å². The summed E-state index contributed by atoms with van der Waals surface area (Å²) < 4.78 is 15.5. The van der Waals surface area contributed by atoms with E-state index in [4.69, 9.17) is 9.47 Å². The molecule has 5 heteroatoms. The predicted octanol–water partition coefficient (Wildman–Crippen LogP) is 3.52. The maximum absolute atomic E-state index is 12.8. The highest BCUT2D eigenvalue weighted by atomic mass is 16.6. The fraction of sp³-hybridized carbons (Fsp3) is 0.238. The Balaban J connectivity index is 1.78. The molecular weight excluding hydrogens is 332 g/mol. The maximum atomic E-state index is 12.8. The number of hydrogen-bond donors (Lipinski definition) is 0. The maximum Gasteiger partial charge on any atom is 0.330 e. The highest BCUT2D eigenvalue weighted by Gasteiger charge is 2.53. The van der Waals surface area contributed by atoms with E-state index in [0.29, 0.717) is 11.5 Å². The van der Waals surface area contributed by atoms with E-state index in [-0.39, 0.29) is 5.97 Å². The summed E-state index contributed by atoms with van der Waals surface area (Å²) in [6.07, 6.45) is 4.47. The van der Waals surface area contributed by atoms with Crippen LogP contribution in [0.15, 0.2) is 54.6 Å². The fourth-order valence-corrected chi connectivity index (χ4v) is 2.79. The molecule has 0 bridgehead atoms. The number of ether oxygens (including phenoxy) is 3. The molecule has 0 heterocycles. The predicted molar refractivity (Wildman–Crippen MR) is 97.0 cm³/mol. The smallest absolute Gasteiger partial charge is 0.330 e. The van der Waals surface area contributed by atoms with Crippen LogP contribution >= 0.6 is 0 Å². The molecule has 26 heavy (non-hydrogen) atoms. The molecule has 5 nitrogen and oxygen atoms in total. The van der Waals surface area contributed by atoms with Crippen LogP contribution in [0.5, 0.6) is 11.5 Å². The third kappa shape index (κ3) is 3.61. The highest BCUT2D eigenvalue weighted by molar-refractivity contribution is 5.89. The molecule has 0 aromatic heterocycles. The molecule has 3 rings (SSSR count). The second kappa shape index (κ2) is 7.44. The van der Waals surface area contributed by atoms with Crippen molar-refractivity contribution < 1.29 is 23.8 Å². The average Bonchev–Trinajstić information content (AvgIpc) is 3.49. The molecule has 134 valence electrons. The lowest BCUT2D eigenvalue weighted by atomic mass is 9.96. The first kappa shape index (κ1) is 17.7. The van der Waals surface area contributed by atoms with Gasteiger partial charge in [0.05, 0.1) is 19.6 Å². The molecule has 0 radical (unpaired) electrons. The van der Waals surface area contributed by atoms with Crippen LogP contribution in [0.25, 0.3) is 6.08 Å². The van der Waals surface area contributed by atoms with E-state index in [1.165, 1.54) is 20.3 Å². The lowest BCUT2D eigenvalue weighted by molar-refractivity contribution is -0.137. The van der Waals surface area contributed by atoms with Gasteiger partial charge in [-0.05, 0) is 42.2 Å². The van der Waals surface area contributed by atoms with Crippen LogP contribution in [0, 0.1) is 0 Å². The van der Waals surface area contributed by atoms with Gasteiger partial charge in [-0.25, -0.2) is 4.79 Å². The standard InChI is InChI=1S/C21H20O5/c1-24-18-14-15(9-11-19(22)25-2)8-10-17(18)26-20(23)21(12-13-21)16-6-4-3-5-7-16/h3-11,14H,12-13H2,1-2H3. The minimum atomic E-state index is -0.560. The molecule has 1 aliphatic carbocycles. The Morgan fingerprint density at radius 1 is 1.00 bits per heavy atom. The van der Waals surface area contributed by atoms with Gasteiger partial charge in [0, 0.05) is 6.08 Å². The van der Waals surface area contributed by atoms with Crippen LogP contribution in [-0.2, 0) is 19.7 Å². The zero-order chi connectivity index (χ0) is 18.6. The first-order valence-corrected chi connectivity index (χ1v) is 8.31. The Labute approximate surface area is 152 Å². The van der Waals surface area contributed by atoms with Crippen molar-refractivity contribution in [2.45, 2.75) is 18.3 Å². The van der Waals surface area contributed by atoms with E-state index in [2.05, 4.69) is 4.74 Å². The molecule has 0 N–H and O–H groups in total. The quantitative estimate of drug-likeness (QED) is 0.452. The van der Waals surface area contributed by atoms with E-state index >= 15 is 0 Å². The molecule has 0 unspecified atom stereocenters. The number of methoxy groups -OCH3 is 2. The Hall–Kier alpha value is -3.08. The van der Waals surface area contributed by atoms with Crippen LogP contribution in [0.2, 0.25) is 0 Å². The summed E-state index contributed by atoms with van der Waals surface area (Å²) >= 11 is 0. The first-order valence-electron chi connectivity index (χ1n) is 8.31. The van der Waals surface area contributed by atoms with Crippen LogP contribution in [0.1, 0.15) is 24.0 Å². The molecule has 0 aliphatic heterocycles. The summed E-state index contributed by atoms with van der Waals surface area (Å²) in [6.45, 7) is 0. The molecule has 1 fully saturated rings. The van der Waals surface area contributed by atoms with Gasteiger partial charge in [0.25, 0.3) is 0 Å². The van der Waals surface area contributed by atoms with Gasteiger partial charge in [0.2, 0.25) is 0 Å². The second-order valence-corrected chi connectivity index (χ2v) is 6.10. The Morgan fingerprint density at radius 2 is 1.73 bits per heavy atom. The largest absolute Gasteiger partial charge is 0.493 e. The fourth-order valence-electron chi connectivity index (χ4n) is 2.79. The van der Waals surface area contributed by atoms with E-state index in [9.17, 15) is 9.59 Å². The summed E-state index contributed by atoms with van der Waals surface area (Å²) in [5.41, 5.74) is 1.15. The lowest BCUT2D eigenvalue weighted by Gasteiger charge is -2.16. The van der Waals surface area contributed by atoms with E-state index in [1.807, 2.05) is 30.3 Å². The molecule has 0 saturated heterocycles. The van der Waals surface area contributed by atoms with Crippen molar-refractivity contribution >= 4 is 18.0 Å². The molecule has 2 aromatic rings. The normalized spacial score (nSPS) is 14.7. The minimum Gasteiger partial charge on any atom is -0.493 e. The van der Waals surface area contributed by atoms with Gasteiger partial charge in [-0.15, -0.1) is 0 Å². The van der Waals surface area contributed by atoms with Crippen molar-refractivity contribution in [1.82, 2.24) is 0 Å². The van der Waals surface area contributed by atoms with Gasteiger partial charge in [0.1, 0.15) is 0 Å². The van der Waals surface area contributed by atoms with Crippen molar-refractivity contribution in [3.8, 4) is 11.5 Å². The minimum absolute atomic E-state index is 0.278. The number of carbonyl (C=O) groups is 2. The molecular formula is C21H20O5. The number of hydrogen-bond acceptors (Lipinski definition) is 5. The van der Waals surface area contributed by atoms with Crippen LogP contribution in [-0.4, -0.2) is 26.2 Å².